The fourth-order valence-electron chi connectivity index (χ4n) is 1.71. The average molecular weight is 226 g/mol. The van der Waals surface area contributed by atoms with Gasteiger partial charge >= 0.3 is 0 Å². The molecule has 1 saturated heterocycles. The molecule has 90 valence electrons. The predicted molar refractivity (Wildman–Crippen MR) is 57.7 cm³/mol. The Morgan fingerprint density at radius 1 is 1.62 bits per heavy atom. The maximum atomic E-state index is 5.66. The molecule has 1 unspecified atom stereocenters. The standard InChI is InChI=1S/C10H18N4O2/c1-3-14-4-5-15-8(6-14)9-12-10(7(2)11)16-13-9/h7-8H,3-6,11H2,1-2H3/t7-,8?/m1/s1. The van der Waals surface area contributed by atoms with Gasteiger partial charge in [-0.2, -0.15) is 4.98 Å². The van der Waals surface area contributed by atoms with Crippen LogP contribution in [0, 0.1) is 0 Å². The van der Waals surface area contributed by atoms with Crippen LogP contribution in [0.2, 0.25) is 0 Å². The fraction of sp³-hybridized carbons (Fsp3) is 0.800. The van der Waals surface area contributed by atoms with Crippen molar-refractivity contribution in [2.75, 3.05) is 26.2 Å². The number of nitrogens with zero attached hydrogens (tertiary/aromatic N) is 3. The van der Waals surface area contributed by atoms with E-state index in [2.05, 4.69) is 22.0 Å². The molecule has 0 amide bonds. The lowest BCUT2D eigenvalue weighted by Gasteiger charge is -2.30. The van der Waals surface area contributed by atoms with Crippen molar-refractivity contribution in [2.45, 2.75) is 26.0 Å². The highest BCUT2D eigenvalue weighted by molar-refractivity contribution is 4.96. The highest BCUT2D eigenvalue weighted by Crippen LogP contribution is 2.20. The summed E-state index contributed by atoms with van der Waals surface area (Å²) in [6.45, 7) is 7.45. The summed E-state index contributed by atoms with van der Waals surface area (Å²) in [7, 11) is 0. The second-order valence-corrected chi connectivity index (χ2v) is 4.03. The summed E-state index contributed by atoms with van der Waals surface area (Å²) in [6, 6.07) is -0.230. The van der Waals surface area contributed by atoms with Crippen molar-refractivity contribution in [2.24, 2.45) is 5.73 Å². The Morgan fingerprint density at radius 3 is 3.06 bits per heavy atom. The smallest absolute Gasteiger partial charge is 0.243 e. The molecule has 0 bridgehead atoms. The van der Waals surface area contributed by atoms with Gasteiger partial charge in [-0.05, 0) is 13.5 Å². The topological polar surface area (TPSA) is 77.4 Å². The molecule has 1 aromatic rings. The summed E-state index contributed by atoms with van der Waals surface area (Å²) in [4.78, 5) is 6.55. The van der Waals surface area contributed by atoms with Gasteiger partial charge in [0.1, 0.15) is 6.10 Å². The number of nitrogens with two attached hydrogens (primary N) is 1. The molecule has 0 aliphatic carbocycles. The van der Waals surface area contributed by atoms with Gasteiger partial charge < -0.3 is 15.0 Å². The van der Waals surface area contributed by atoms with E-state index < -0.39 is 0 Å². The lowest BCUT2D eigenvalue weighted by Crippen LogP contribution is -2.38. The Kier molecular flexibility index (Phi) is 3.52. The molecular weight excluding hydrogens is 208 g/mol. The second kappa shape index (κ2) is 4.90. The minimum Gasteiger partial charge on any atom is -0.367 e. The van der Waals surface area contributed by atoms with E-state index in [0.717, 1.165) is 19.6 Å². The van der Waals surface area contributed by atoms with Crippen LogP contribution in [0.3, 0.4) is 0 Å². The predicted octanol–water partition coefficient (Wildman–Crippen LogP) is 0.482. The summed E-state index contributed by atoms with van der Waals surface area (Å²) in [5, 5.41) is 3.91. The van der Waals surface area contributed by atoms with E-state index in [1.165, 1.54) is 0 Å². The third-order valence-corrected chi connectivity index (χ3v) is 2.73. The molecule has 2 atom stereocenters. The van der Waals surface area contributed by atoms with Gasteiger partial charge in [-0.1, -0.05) is 12.1 Å². The van der Waals surface area contributed by atoms with E-state index in [-0.39, 0.29) is 12.1 Å². The summed E-state index contributed by atoms with van der Waals surface area (Å²) in [5.41, 5.74) is 5.66. The molecule has 0 saturated carbocycles. The molecule has 1 aliphatic rings. The normalized spacial score (nSPS) is 24.6. The number of aromatic nitrogens is 2. The van der Waals surface area contributed by atoms with Crippen molar-refractivity contribution in [3.8, 4) is 0 Å². The molecule has 1 aliphatic heterocycles. The first kappa shape index (κ1) is 11.5. The average Bonchev–Trinajstić information content (AvgIpc) is 2.78. The second-order valence-electron chi connectivity index (χ2n) is 4.03. The van der Waals surface area contributed by atoms with Crippen LogP contribution >= 0.6 is 0 Å². The van der Waals surface area contributed by atoms with Gasteiger partial charge in [-0.15, -0.1) is 0 Å². The van der Waals surface area contributed by atoms with Crippen molar-refractivity contribution in [3.63, 3.8) is 0 Å². The molecule has 0 radical (unpaired) electrons. The molecule has 2 N–H and O–H groups in total. The maximum Gasteiger partial charge on any atom is 0.243 e. The Morgan fingerprint density at radius 2 is 2.44 bits per heavy atom. The molecule has 16 heavy (non-hydrogen) atoms. The third-order valence-electron chi connectivity index (χ3n) is 2.73. The van der Waals surface area contributed by atoms with Gasteiger partial charge in [0.15, 0.2) is 0 Å². The van der Waals surface area contributed by atoms with Gasteiger partial charge in [0.25, 0.3) is 0 Å². The number of ether oxygens (including phenoxy) is 1. The zero-order valence-electron chi connectivity index (χ0n) is 9.72. The van der Waals surface area contributed by atoms with Crippen LogP contribution in [-0.4, -0.2) is 41.3 Å². The van der Waals surface area contributed by atoms with Gasteiger partial charge in [0.2, 0.25) is 11.7 Å². The van der Waals surface area contributed by atoms with Crippen LogP contribution in [0.5, 0.6) is 0 Å². The Labute approximate surface area is 94.7 Å². The highest BCUT2D eigenvalue weighted by atomic mass is 16.5. The molecule has 2 heterocycles. The molecule has 1 fully saturated rings. The summed E-state index contributed by atoms with van der Waals surface area (Å²) in [6.07, 6.45) is -0.0926. The van der Waals surface area contributed by atoms with Crippen molar-refractivity contribution in [1.82, 2.24) is 15.0 Å². The lowest BCUT2D eigenvalue weighted by atomic mass is 10.2. The monoisotopic (exact) mass is 226 g/mol. The van der Waals surface area contributed by atoms with Gasteiger partial charge in [0, 0.05) is 13.1 Å². The minimum atomic E-state index is -0.230. The van der Waals surface area contributed by atoms with Crippen LogP contribution in [0.4, 0.5) is 0 Å². The van der Waals surface area contributed by atoms with E-state index in [1.54, 1.807) is 0 Å². The summed E-state index contributed by atoms with van der Waals surface area (Å²) < 4.78 is 10.7. The Hall–Kier alpha value is -0.980. The van der Waals surface area contributed by atoms with E-state index in [4.69, 9.17) is 15.0 Å². The number of rotatable bonds is 3. The third kappa shape index (κ3) is 2.40. The molecular formula is C10H18N4O2. The van der Waals surface area contributed by atoms with Crippen LogP contribution in [0.1, 0.15) is 37.7 Å². The van der Waals surface area contributed by atoms with E-state index in [0.29, 0.717) is 18.3 Å². The summed E-state index contributed by atoms with van der Waals surface area (Å²) >= 11 is 0. The van der Waals surface area contributed by atoms with Gasteiger partial charge in [-0.25, -0.2) is 0 Å². The molecule has 0 aromatic carbocycles. The molecule has 1 aromatic heterocycles. The molecule has 6 nitrogen and oxygen atoms in total. The fourth-order valence-corrected chi connectivity index (χ4v) is 1.71. The van der Waals surface area contributed by atoms with Crippen LogP contribution in [-0.2, 0) is 4.74 Å². The molecule has 0 spiro atoms. The van der Waals surface area contributed by atoms with Crippen LogP contribution < -0.4 is 5.73 Å². The van der Waals surface area contributed by atoms with Gasteiger partial charge in [-0.3, -0.25) is 4.90 Å². The van der Waals surface area contributed by atoms with E-state index >= 15 is 0 Å². The van der Waals surface area contributed by atoms with Crippen molar-refractivity contribution in [1.29, 1.82) is 0 Å². The van der Waals surface area contributed by atoms with E-state index in [1.807, 2.05) is 6.92 Å². The number of hydrogen-bond donors (Lipinski definition) is 1. The first-order valence-electron chi connectivity index (χ1n) is 5.63. The molecule has 2 rings (SSSR count). The lowest BCUT2D eigenvalue weighted by molar-refractivity contribution is -0.0334. The van der Waals surface area contributed by atoms with Crippen LogP contribution in [0.25, 0.3) is 0 Å². The quantitative estimate of drug-likeness (QED) is 0.808. The number of likely N-dealkylation sites (N-methyl/N-ethyl adjacent to an activating group) is 1. The van der Waals surface area contributed by atoms with E-state index in [9.17, 15) is 0 Å². The Balaban J connectivity index is 2.05. The Bertz CT molecular complexity index is 339. The summed E-state index contributed by atoms with van der Waals surface area (Å²) in [5.74, 6) is 1.07. The first-order chi connectivity index (χ1) is 7.70. The zero-order chi connectivity index (χ0) is 11.5. The van der Waals surface area contributed by atoms with Gasteiger partial charge in [0.05, 0.1) is 12.6 Å². The number of morpholine rings is 1. The zero-order valence-corrected chi connectivity index (χ0v) is 9.72. The highest BCUT2D eigenvalue weighted by Gasteiger charge is 2.25. The number of hydrogen-bond acceptors (Lipinski definition) is 6. The minimum absolute atomic E-state index is 0.0926. The largest absolute Gasteiger partial charge is 0.367 e. The van der Waals surface area contributed by atoms with Crippen molar-refractivity contribution in [3.05, 3.63) is 11.7 Å². The first-order valence-corrected chi connectivity index (χ1v) is 5.63. The molecule has 6 heteroatoms. The maximum absolute atomic E-state index is 5.66. The van der Waals surface area contributed by atoms with Crippen molar-refractivity contribution < 1.29 is 9.26 Å². The van der Waals surface area contributed by atoms with Crippen LogP contribution in [0.15, 0.2) is 4.52 Å². The SMILES string of the molecule is CCN1CCOC(c2noc([C@@H](C)N)n2)C1. The van der Waals surface area contributed by atoms with Crippen molar-refractivity contribution >= 4 is 0 Å².